The van der Waals surface area contributed by atoms with Crippen LogP contribution in [-0.4, -0.2) is 51.5 Å². The Morgan fingerprint density at radius 3 is 2.55 bits per heavy atom. The van der Waals surface area contributed by atoms with E-state index in [-0.39, 0.29) is 18.0 Å². The number of piperidine rings is 1. The van der Waals surface area contributed by atoms with Crippen LogP contribution in [0, 0.1) is 11.6 Å². The van der Waals surface area contributed by atoms with Crippen LogP contribution in [0.3, 0.4) is 0 Å². The summed E-state index contributed by atoms with van der Waals surface area (Å²) in [6, 6.07) is 2.99. The molecule has 0 saturated carbocycles. The zero-order chi connectivity index (χ0) is 20.2. The summed E-state index contributed by atoms with van der Waals surface area (Å²) in [6.45, 7) is 0.809. The van der Waals surface area contributed by atoms with Crippen molar-refractivity contribution in [3.63, 3.8) is 0 Å². The average Bonchev–Trinajstić information content (AvgIpc) is 3.41. The van der Waals surface area contributed by atoms with E-state index in [0.717, 1.165) is 6.07 Å². The maximum absolute atomic E-state index is 13.7. The van der Waals surface area contributed by atoms with Crippen molar-refractivity contribution in [1.82, 2.24) is 14.8 Å². The van der Waals surface area contributed by atoms with Crippen molar-refractivity contribution in [3.8, 4) is 0 Å². The van der Waals surface area contributed by atoms with Crippen molar-refractivity contribution in [2.24, 2.45) is 0 Å². The normalized spacial score (nSPS) is 25.7. The van der Waals surface area contributed by atoms with Gasteiger partial charge in [-0.05, 0) is 30.5 Å². The number of rotatable bonds is 2. The highest BCUT2D eigenvalue weighted by Crippen LogP contribution is 2.47. The van der Waals surface area contributed by atoms with Crippen LogP contribution in [0.1, 0.15) is 47.8 Å². The van der Waals surface area contributed by atoms with Gasteiger partial charge in [0.05, 0.1) is 11.6 Å². The van der Waals surface area contributed by atoms with E-state index in [9.17, 15) is 18.4 Å². The number of carbonyl (C=O) groups is 2. The summed E-state index contributed by atoms with van der Waals surface area (Å²) in [4.78, 5) is 33.2. The number of hydrogen-bond donors (Lipinski definition) is 0. The first-order valence-corrected chi connectivity index (χ1v) is 10.6. The number of aromatic nitrogens is 1. The van der Waals surface area contributed by atoms with Crippen molar-refractivity contribution in [2.45, 2.75) is 43.6 Å². The molecule has 3 aliphatic heterocycles. The van der Waals surface area contributed by atoms with E-state index in [2.05, 4.69) is 4.98 Å². The van der Waals surface area contributed by atoms with Crippen LogP contribution < -0.4 is 0 Å². The molecular weight excluding hydrogens is 400 g/mol. The predicted molar refractivity (Wildman–Crippen MR) is 100 cm³/mol. The average molecular weight is 419 g/mol. The molecule has 1 aromatic heterocycles. The molecule has 29 heavy (non-hydrogen) atoms. The number of benzene rings is 1. The second-order valence-electron chi connectivity index (χ2n) is 7.74. The second kappa shape index (κ2) is 6.84. The number of ether oxygens (including phenoxy) is 1. The Kier molecular flexibility index (Phi) is 4.40. The number of amides is 2. The highest BCUT2D eigenvalue weighted by Gasteiger charge is 2.58. The third-order valence-electron chi connectivity index (χ3n) is 6.10. The van der Waals surface area contributed by atoms with Crippen molar-refractivity contribution >= 4 is 23.2 Å². The molecule has 6 nitrogen and oxygen atoms in total. The Labute approximate surface area is 170 Å². The van der Waals surface area contributed by atoms with Crippen LogP contribution in [0.5, 0.6) is 0 Å². The Morgan fingerprint density at radius 2 is 1.90 bits per heavy atom. The number of nitrogens with zero attached hydrogens (tertiary/aromatic N) is 3. The molecule has 1 aromatic carbocycles. The van der Waals surface area contributed by atoms with Gasteiger partial charge in [0.15, 0.2) is 5.60 Å². The lowest BCUT2D eigenvalue weighted by Crippen LogP contribution is -2.51. The Hall–Kier alpha value is -2.39. The third kappa shape index (κ3) is 3.03. The molecule has 2 amide bonds. The Bertz CT molecular complexity index is 940. The predicted octanol–water partition coefficient (Wildman–Crippen LogP) is 3.12. The molecule has 2 aromatic rings. The standard InChI is InChI=1S/C20H19F2N3O3S/c21-13-7-12(8-14(22)9-13)16-1-2-17-25(16)19(27)20(28-17)3-5-24(6-4-20)18(26)15-10-29-11-23-15/h7-11,16-17H,1-6H2/t16-,17+/m0/s1. The third-order valence-corrected chi connectivity index (χ3v) is 6.68. The van der Waals surface area contributed by atoms with E-state index < -0.39 is 23.3 Å². The van der Waals surface area contributed by atoms with E-state index >= 15 is 0 Å². The van der Waals surface area contributed by atoms with Crippen LogP contribution >= 0.6 is 11.3 Å². The van der Waals surface area contributed by atoms with E-state index in [4.69, 9.17) is 4.74 Å². The van der Waals surface area contributed by atoms with Gasteiger partial charge in [0, 0.05) is 37.4 Å². The van der Waals surface area contributed by atoms with Gasteiger partial charge in [-0.1, -0.05) is 0 Å². The van der Waals surface area contributed by atoms with Crippen LogP contribution in [0.25, 0.3) is 0 Å². The van der Waals surface area contributed by atoms with E-state index in [0.29, 0.717) is 50.0 Å². The van der Waals surface area contributed by atoms with Gasteiger partial charge in [0.1, 0.15) is 23.6 Å². The monoisotopic (exact) mass is 419 g/mol. The fourth-order valence-electron chi connectivity index (χ4n) is 4.69. The molecule has 4 heterocycles. The van der Waals surface area contributed by atoms with Crippen molar-refractivity contribution < 1.29 is 23.1 Å². The number of likely N-dealkylation sites (tertiary alicyclic amines) is 1. The van der Waals surface area contributed by atoms with Gasteiger partial charge in [0.2, 0.25) is 0 Å². The summed E-state index contributed by atoms with van der Waals surface area (Å²) in [7, 11) is 0. The SMILES string of the molecule is O=C(c1cscn1)N1CCC2(CC1)O[C@@H]1CC[C@@H](c3cc(F)cc(F)c3)N1C2=O. The first kappa shape index (κ1) is 18.6. The zero-order valence-electron chi connectivity index (χ0n) is 15.5. The summed E-state index contributed by atoms with van der Waals surface area (Å²) in [5, 5.41) is 1.71. The highest BCUT2D eigenvalue weighted by atomic mass is 32.1. The van der Waals surface area contributed by atoms with Gasteiger partial charge in [-0.2, -0.15) is 0 Å². The van der Waals surface area contributed by atoms with Gasteiger partial charge in [-0.15, -0.1) is 11.3 Å². The lowest BCUT2D eigenvalue weighted by atomic mass is 9.89. The molecule has 0 bridgehead atoms. The maximum Gasteiger partial charge on any atom is 0.273 e. The van der Waals surface area contributed by atoms with Crippen LogP contribution in [0.2, 0.25) is 0 Å². The van der Waals surface area contributed by atoms with Gasteiger partial charge in [-0.25, -0.2) is 13.8 Å². The fraction of sp³-hybridized carbons (Fsp3) is 0.450. The quantitative estimate of drug-likeness (QED) is 0.751. The lowest BCUT2D eigenvalue weighted by Gasteiger charge is -2.37. The van der Waals surface area contributed by atoms with Gasteiger partial charge in [0.25, 0.3) is 11.8 Å². The minimum Gasteiger partial charge on any atom is -0.342 e. The zero-order valence-corrected chi connectivity index (χ0v) is 16.3. The first-order valence-electron chi connectivity index (χ1n) is 9.61. The molecular formula is C20H19F2N3O3S. The van der Waals surface area contributed by atoms with E-state index in [1.54, 1.807) is 20.7 Å². The van der Waals surface area contributed by atoms with E-state index in [1.807, 2.05) is 0 Å². The molecule has 0 aliphatic carbocycles. The largest absolute Gasteiger partial charge is 0.342 e. The second-order valence-corrected chi connectivity index (χ2v) is 8.46. The Morgan fingerprint density at radius 1 is 1.17 bits per heavy atom. The molecule has 0 unspecified atom stereocenters. The molecule has 1 spiro atoms. The summed E-state index contributed by atoms with van der Waals surface area (Å²) >= 11 is 1.36. The van der Waals surface area contributed by atoms with Gasteiger partial charge < -0.3 is 14.5 Å². The molecule has 3 fully saturated rings. The topological polar surface area (TPSA) is 62.7 Å². The van der Waals surface area contributed by atoms with Crippen molar-refractivity contribution in [2.75, 3.05) is 13.1 Å². The van der Waals surface area contributed by atoms with Gasteiger partial charge >= 0.3 is 0 Å². The summed E-state index contributed by atoms with van der Waals surface area (Å²) in [5.74, 6) is -1.59. The van der Waals surface area contributed by atoms with Crippen molar-refractivity contribution in [3.05, 3.63) is 52.0 Å². The van der Waals surface area contributed by atoms with Crippen LogP contribution in [0.4, 0.5) is 8.78 Å². The molecule has 152 valence electrons. The summed E-state index contributed by atoms with van der Waals surface area (Å²) in [5.41, 5.74) is 1.52. The molecule has 3 aliphatic rings. The smallest absolute Gasteiger partial charge is 0.273 e. The number of carbonyl (C=O) groups excluding carboxylic acids is 2. The minimum absolute atomic E-state index is 0.139. The Balaban J connectivity index is 1.33. The first-order chi connectivity index (χ1) is 14.0. The van der Waals surface area contributed by atoms with Crippen LogP contribution in [-0.2, 0) is 9.53 Å². The fourth-order valence-corrected chi connectivity index (χ4v) is 5.22. The number of fused-ring (bicyclic) bond motifs is 1. The minimum atomic E-state index is -0.964. The molecule has 9 heteroatoms. The van der Waals surface area contributed by atoms with Crippen LogP contribution in [0.15, 0.2) is 29.1 Å². The van der Waals surface area contributed by atoms with Gasteiger partial charge in [-0.3, -0.25) is 9.59 Å². The summed E-state index contributed by atoms with van der Waals surface area (Å²) in [6.07, 6.45) is 1.64. The molecule has 2 atom stereocenters. The number of hydrogen-bond acceptors (Lipinski definition) is 5. The maximum atomic E-state index is 13.7. The molecule has 0 radical (unpaired) electrons. The summed E-state index contributed by atoms with van der Waals surface area (Å²) < 4.78 is 33.6. The lowest BCUT2D eigenvalue weighted by molar-refractivity contribution is -0.142. The van der Waals surface area contributed by atoms with Crippen molar-refractivity contribution in [1.29, 1.82) is 0 Å². The number of halogens is 2. The molecule has 5 rings (SSSR count). The number of thiazole rings is 1. The highest BCUT2D eigenvalue weighted by molar-refractivity contribution is 7.07. The molecule has 3 saturated heterocycles. The van der Waals surface area contributed by atoms with E-state index in [1.165, 1.54) is 23.5 Å². The molecule has 0 N–H and O–H groups in total.